The maximum atomic E-state index is 13.6. The molecule has 0 fully saturated rings. The molecule has 0 N–H and O–H groups in total. The number of hydrogen-bond donors (Lipinski definition) is 0. The van der Waals surface area contributed by atoms with Crippen molar-refractivity contribution in [3.05, 3.63) is 97.4 Å². The minimum atomic E-state index is -1.01. The molecule has 2 heterocycles. The largest absolute Gasteiger partial charge is 0.477 e. The number of esters is 1. The number of benzene rings is 2. The summed E-state index contributed by atoms with van der Waals surface area (Å²) in [5.74, 6) is -0.865. The van der Waals surface area contributed by atoms with Gasteiger partial charge in [-0.05, 0) is 37.1 Å². The van der Waals surface area contributed by atoms with Crippen molar-refractivity contribution >= 4 is 29.2 Å². The molecule has 1 aliphatic heterocycles. The first-order valence-corrected chi connectivity index (χ1v) is 10.7. The van der Waals surface area contributed by atoms with Crippen molar-refractivity contribution in [2.75, 3.05) is 6.61 Å². The monoisotopic (exact) mass is 457 g/mol. The van der Waals surface area contributed by atoms with Crippen LogP contribution in [0.4, 0.5) is 0 Å². The van der Waals surface area contributed by atoms with E-state index < -0.39 is 18.0 Å². The quantitative estimate of drug-likeness (QED) is 0.507. The zero-order chi connectivity index (χ0) is 22.1. The molecule has 0 unspecified atom stereocenters. The Morgan fingerprint density at radius 2 is 1.87 bits per heavy atom. The molecule has 4 rings (SSSR count). The van der Waals surface area contributed by atoms with E-state index in [2.05, 4.69) is 0 Å². The Morgan fingerprint density at radius 1 is 1.13 bits per heavy atom. The van der Waals surface area contributed by atoms with Gasteiger partial charge in [0.25, 0.3) is 5.56 Å². The van der Waals surface area contributed by atoms with Gasteiger partial charge in [0.1, 0.15) is 5.75 Å². The Morgan fingerprint density at radius 3 is 2.55 bits per heavy atom. The average molecular weight is 458 g/mol. The topological polar surface area (TPSA) is 57.5 Å². The molecule has 0 amide bonds. The van der Waals surface area contributed by atoms with Gasteiger partial charge in [-0.2, -0.15) is 0 Å². The second kappa shape index (κ2) is 8.77. The van der Waals surface area contributed by atoms with Crippen LogP contribution >= 0.6 is 23.2 Å². The number of nitrogens with zero attached hydrogens (tertiary/aromatic N) is 1. The number of ether oxygens (including phenoxy) is 2. The fraction of sp³-hybridized carbons (Fsp3) is 0.250. The van der Waals surface area contributed by atoms with Crippen LogP contribution in [0.25, 0.3) is 0 Å². The van der Waals surface area contributed by atoms with E-state index in [1.165, 1.54) is 0 Å². The van der Waals surface area contributed by atoms with Crippen LogP contribution in [0.1, 0.15) is 35.2 Å². The Hall–Kier alpha value is -2.76. The number of aromatic nitrogens is 1. The van der Waals surface area contributed by atoms with Crippen LogP contribution in [0.3, 0.4) is 0 Å². The number of pyridine rings is 1. The molecule has 2 atom stereocenters. The second-order valence-electron chi connectivity index (χ2n) is 7.37. The van der Waals surface area contributed by atoms with Crippen molar-refractivity contribution in [1.82, 2.24) is 4.57 Å². The third-order valence-electron chi connectivity index (χ3n) is 5.37. The first-order chi connectivity index (χ1) is 14.9. The van der Waals surface area contributed by atoms with E-state index in [-0.39, 0.29) is 12.2 Å². The second-order valence-corrected chi connectivity index (χ2v) is 8.22. The molecule has 0 radical (unpaired) electrons. The highest BCUT2D eigenvalue weighted by atomic mass is 35.5. The first-order valence-electron chi connectivity index (χ1n) is 9.97. The van der Waals surface area contributed by atoms with Crippen molar-refractivity contribution in [3.63, 3.8) is 0 Å². The molecule has 0 saturated carbocycles. The van der Waals surface area contributed by atoms with Crippen LogP contribution in [-0.4, -0.2) is 23.2 Å². The minimum absolute atomic E-state index is 0.202. The van der Waals surface area contributed by atoms with Gasteiger partial charge in [0.2, 0.25) is 6.10 Å². The molecule has 2 aromatic carbocycles. The van der Waals surface area contributed by atoms with E-state index in [9.17, 15) is 9.59 Å². The number of halogens is 2. The molecule has 3 aromatic rings. The lowest BCUT2D eigenvalue weighted by molar-refractivity contribution is -0.151. The zero-order valence-electron chi connectivity index (χ0n) is 17.1. The molecule has 5 nitrogen and oxygen atoms in total. The summed E-state index contributed by atoms with van der Waals surface area (Å²) >= 11 is 12.5. The third kappa shape index (κ3) is 4.08. The highest BCUT2D eigenvalue weighted by molar-refractivity contribution is 6.35. The number of aryl methyl sites for hydroxylation is 1. The highest BCUT2D eigenvalue weighted by Gasteiger charge is 2.44. The predicted molar refractivity (Wildman–Crippen MR) is 120 cm³/mol. The molecule has 1 aliphatic rings. The molecular weight excluding hydrogens is 437 g/mol. The fourth-order valence-corrected chi connectivity index (χ4v) is 4.47. The number of fused-ring (bicyclic) bond motifs is 1. The summed E-state index contributed by atoms with van der Waals surface area (Å²) in [5, 5.41) is 0.823. The Kier molecular flexibility index (Phi) is 6.08. The van der Waals surface area contributed by atoms with Gasteiger partial charge in [0, 0.05) is 21.8 Å². The van der Waals surface area contributed by atoms with E-state index >= 15 is 0 Å². The van der Waals surface area contributed by atoms with Crippen LogP contribution in [0.15, 0.2) is 59.4 Å². The van der Waals surface area contributed by atoms with Crippen LogP contribution in [0, 0.1) is 6.92 Å². The van der Waals surface area contributed by atoms with Crippen molar-refractivity contribution < 1.29 is 14.3 Å². The average Bonchev–Trinajstić information content (AvgIpc) is 3.11. The van der Waals surface area contributed by atoms with Gasteiger partial charge in [-0.25, -0.2) is 4.79 Å². The summed E-state index contributed by atoms with van der Waals surface area (Å²) in [4.78, 5) is 26.4. The third-order valence-corrected chi connectivity index (χ3v) is 5.94. The number of carbonyl (C=O) groups excluding carboxylic acids is 1. The predicted octanol–water partition coefficient (Wildman–Crippen LogP) is 4.97. The van der Waals surface area contributed by atoms with Gasteiger partial charge in [-0.1, -0.05) is 59.6 Å². The summed E-state index contributed by atoms with van der Waals surface area (Å²) in [6, 6.07) is 16.5. The van der Waals surface area contributed by atoms with E-state index in [1.54, 1.807) is 35.8 Å². The maximum Gasteiger partial charge on any atom is 0.348 e. The molecule has 31 heavy (non-hydrogen) atoms. The van der Waals surface area contributed by atoms with Gasteiger partial charge in [-0.3, -0.25) is 4.79 Å². The van der Waals surface area contributed by atoms with Crippen LogP contribution in [0.5, 0.6) is 5.75 Å². The van der Waals surface area contributed by atoms with E-state index in [4.69, 9.17) is 32.7 Å². The molecule has 7 heteroatoms. The van der Waals surface area contributed by atoms with Gasteiger partial charge in [0.15, 0.2) is 0 Å². The maximum absolute atomic E-state index is 13.6. The number of rotatable bonds is 5. The van der Waals surface area contributed by atoms with Gasteiger partial charge in [-0.15, -0.1) is 0 Å². The van der Waals surface area contributed by atoms with Crippen LogP contribution in [0.2, 0.25) is 10.0 Å². The summed E-state index contributed by atoms with van der Waals surface area (Å²) < 4.78 is 12.9. The molecule has 1 aromatic heterocycles. The van der Waals surface area contributed by atoms with Crippen molar-refractivity contribution in [2.45, 2.75) is 32.4 Å². The smallest absolute Gasteiger partial charge is 0.348 e. The summed E-state index contributed by atoms with van der Waals surface area (Å²) in [7, 11) is 0. The fourth-order valence-electron chi connectivity index (χ4n) is 3.94. The number of carbonyl (C=O) groups is 1. The molecule has 0 aliphatic carbocycles. The normalized spacial score (nSPS) is 17.2. The van der Waals surface area contributed by atoms with Crippen LogP contribution < -0.4 is 10.3 Å². The SMILES string of the molecule is CCOC(=O)[C@@H]1Oc2cc(C)n(Cc3ccccc3)c(=O)c2[C@H]1c1ccc(Cl)cc1Cl. The molecule has 160 valence electrons. The van der Waals surface area contributed by atoms with Crippen LogP contribution in [-0.2, 0) is 16.1 Å². The van der Waals surface area contributed by atoms with Crippen molar-refractivity contribution in [2.24, 2.45) is 0 Å². The van der Waals surface area contributed by atoms with Gasteiger partial charge >= 0.3 is 5.97 Å². The molecule has 0 spiro atoms. The standard InChI is InChI=1S/C24H21Cl2NO4/c1-3-30-24(29)22-20(17-10-9-16(25)12-18(17)26)21-19(31-22)11-14(2)27(23(21)28)13-15-7-5-4-6-8-15/h4-12,20,22H,3,13H2,1-2H3/t20-,22-/m1/s1. The molecular formula is C24H21Cl2NO4. The highest BCUT2D eigenvalue weighted by Crippen LogP contribution is 2.44. The summed E-state index contributed by atoms with van der Waals surface area (Å²) in [6.07, 6.45) is -1.01. The van der Waals surface area contributed by atoms with Crippen molar-refractivity contribution in [3.8, 4) is 5.75 Å². The van der Waals surface area contributed by atoms with Crippen molar-refractivity contribution in [1.29, 1.82) is 0 Å². The Balaban J connectivity index is 1.87. The lowest BCUT2D eigenvalue weighted by Gasteiger charge is -2.19. The lowest BCUT2D eigenvalue weighted by Crippen LogP contribution is -2.34. The van der Waals surface area contributed by atoms with E-state index in [0.717, 1.165) is 11.3 Å². The first kappa shape index (κ1) is 21.5. The van der Waals surface area contributed by atoms with E-state index in [0.29, 0.717) is 33.5 Å². The molecule has 0 bridgehead atoms. The lowest BCUT2D eigenvalue weighted by atomic mass is 9.88. The van der Waals surface area contributed by atoms with Gasteiger partial charge < -0.3 is 14.0 Å². The molecule has 0 saturated heterocycles. The van der Waals surface area contributed by atoms with E-state index in [1.807, 2.05) is 37.3 Å². The Bertz CT molecular complexity index is 1190. The zero-order valence-corrected chi connectivity index (χ0v) is 18.6. The minimum Gasteiger partial charge on any atom is -0.477 e. The Labute approximate surface area is 190 Å². The summed E-state index contributed by atoms with van der Waals surface area (Å²) in [5.41, 5.74) is 2.49. The summed E-state index contributed by atoms with van der Waals surface area (Å²) in [6.45, 7) is 4.18. The number of hydrogen-bond acceptors (Lipinski definition) is 4. The van der Waals surface area contributed by atoms with Gasteiger partial charge in [0.05, 0.1) is 24.6 Å².